The van der Waals surface area contributed by atoms with E-state index in [1.54, 1.807) is 11.8 Å². The maximum absolute atomic E-state index is 12.3. The second kappa shape index (κ2) is 6.97. The number of amides is 1. The second-order valence-corrected chi connectivity index (χ2v) is 9.46. The van der Waals surface area contributed by atoms with Crippen molar-refractivity contribution in [3.63, 3.8) is 0 Å². The Kier molecular flexibility index (Phi) is 5.16. The topological polar surface area (TPSA) is 75.6 Å². The Bertz CT molecular complexity index is 648. The number of rotatable bonds is 6. The summed E-state index contributed by atoms with van der Waals surface area (Å²) in [7, 11) is -3.46. The minimum absolute atomic E-state index is 0.0426. The molecule has 0 bridgehead atoms. The van der Waals surface area contributed by atoms with Gasteiger partial charge < -0.3 is 5.32 Å². The molecule has 1 N–H and O–H groups in total. The van der Waals surface area contributed by atoms with E-state index < -0.39 is 10.0 Å². The van der Waals surface area contributed by atoms with Gasteiger partial charge >= 0.3 is 0 Å². The molecule has 2 aliphatic carbocycles. The SMILES string of the molecule is CCCCS(=O)(=O)N=C1C2=C(CCCC2)SC1NC(=O)C1CC1. The fourth-order valence-electron chi connectivity index (χ4n) is 2.95. The molecule has 1 fully saturated rings. The van der Waals surface area contributed by atoms with Gasteiger partial charge in [-0.15, -0.1) is 0 Å². The molecule has 7 heteroatoms. The van der Waals surface area contributed by atoms with Gasteiger partial charge in [-0.1, -0.05) is 25.1 Å². The molecule has 1 aliphatic heterocycles. The molecule has 0 saturated heterocycles. The maximum atomic E-state index is 12.3. The predicted octanol–water partition coefficient (Wildman–Crippen LogP) is 2.98. The molecule has 23 heavy (non-hydrogen) atoms. The zero-order chi connectivity index (χ0) is 16.4. The maximum Gasteiger partial charge on any atom is 0.253 e. The molecule has 1 heterocycles. The lowest BCUT2D eigenvalue weighted by atomic mass is 9.96. The number of unbranched alkanes of at least 4 members (excludes halogenated alkanes) is 1. The van der Waals surface area contributed by atoms with E-state index >= 15 is 0 Å². The number of hydrogen-bond acceptors (Lipinski definition) is 4. The normalized spacial score (nSPS) is 26.5. The minimum atomic E-state index is -3.46. The number of hydrogen-bond donors (Lipinski definition) is 1. The highest BCUT2D eigenvalue weighted by Gasteiger charge is 2.38. The third-order valence-corrected chi connectivity index (χ3v) is 7.04. The lowest BCUT2D eigenvalue weighted by Crippen LogP contribution is -2.38. The summed E-state index contributed by atoms with van der Waals surface area (Å²) in [5.41, 5.74) is 1.66. The first-order chi connectivity index (χ1) is 11.0. The molecule has 0 radical (unpaired) electrons. The zero-order valence-electron chi connectivity index (χ0n) is 13.5. The largest absolute Gasteiger partial charge is 0.338 e. The van der Waals surface area contributed by atoms with Crippen LogP contribution >= 0.6 is 11.8 Å². The van der Waals surface area contributed by atoms with Crippen LogP contribution in [0.4, 0.5) is 0 Å². The predicted molar refractivity (Wildman–Crippen MR) is 93.9 cm³/mol. The molecule has 1 saturated carbocycles. The first-order valence-corrected chi connectivity index (χ1v) is 11.0. The van der Waals surface area contributed by atoms with Gasteiger partial charge in [0.15, 0.2) is 0 Å². The Hall–Kier alpha value is -0.820. The van der Waals surface area contributed by atoms with Crippen molar-refractivity contribution >= 4 is 33.4 Å². The third-order valence-electron chi connectivity index (χ3n) is 4.45. The molecule has 0 aromatic heterocycles. The number of allylic oxidation sites excluding steroid dienone is 1. The molecule has 1 atom stereocenters. The second-order valence-electron chi connectivity index (χ2n) is 6.51. The smallest absolute Gasteiger partial charge is 0.253 e. The zero-order valence-corrected chi connectivity index (χ0v) is 15.1. The molecule has 3 rings (SSSR count). The van der Waals surface area contributed by atoms with Crippen molar-refractivity contribution < 1.29 is 13.2 Å². The van der Waals surface area contributed by atoms with E-state index in [0.29, 0.717) is 12.1 Å². The van der Waals surface area contributed by atoms with Crippen LogP contribution in [0.3, 0.4) is 0 Å². The van der Waals surface area contributed by atoms with Crippen molar-refractivity contribution in [2.24, 2.45) is 10.3 Å². The fourth-order valence-corrected chi connectivity index (χ4v) is 5.65. The van der Waals surface area contributed by atoms with Crippen molar-refractivity contribution in [1.29, 1.82) is 0 Å². The molecule has 1 amide bonds. The highest BCUT2D eigenvalue weighted by atomic mass is 32.2. The van der Waals surface area contributed by atoms with Gasteiger partial charge in [0.2, 0.25) is 5.91 Å². The molecule has 0 aromatic rings. The summed E-state index contributed by atoms with van der Waals surface area (Å²) < 4.78 is 28.7. The third kappa shape index (κ3) is 4.18. The van der Waals surface area contributed by atoms with Crippen LogP contribution in [0.2, 0.25) is 0 Å². The number of sulfonamides is 1. The molecule has 1 unspecified atom stereocenters. The minimum Gasteiger partial charge on any atom is -0.338 e. The van der Waals surface area contributed by atoms with E-state index in [2.05, 4.69) is 9.71 Å². The summed E-state index contributed by atoms with van der Waals surface area (Å²) in [6.45, 7) is 1.97. The van der Waals surface area contributed by atoms with E-state index in [4.69, 9.17) is 0 Å². The number of nitrogens with one attached hydrogen (secondary N) is 1. The summed E-state index contributed by atoms with van der Waals surface area (Å²) >= 11 is 1.59. The monoisotopic (exact) mass is 356 g/mol. The molecule has 128 valence electrons. The molecule has 3 aliphatic rings. The van der Waals surface area contributed by atoms with Gasteiger partial charge in [0, 0.05) is 5.92 Å². The average Bonchev–Trinajstić information content (AvgIpc) is 3.31. The first-order valence-electron chi connectivity index (χ1n) is 8.52. The summed E-state index contributed by atoms with van der Waals surface area (Å²) in [5.74, 6) is 0.246. The standard InChI is InChI=1S/C16H24N2O3S2/c1-2-3-10-23(20,21)18-14-12-6-4-5-7-13(12)22-16(14)17-15(19)11-8-9-11/h11,16H,2-10H2,1H3,(H,17,19). The van der Waals surface area contributed by atoms with E-state index in [1.807, 2.05) is 6.92 Å². The van der Waals surface area contributed by atoms with Gasteiger partial charge in [0.1, 0.15) is 5.37 Å². The number of nitrogens with zero attached hydrogens (tertiary/aromatic N) is 1. The van der Waals surface area contributed by atoms with Gasteiger partial charge in [0.25, 0.3) is 10.0 Å². The summed E-state index contributed by atoms with van der Waals surface area (Å²) in [5, 5.41) is 2.70. The van der Waals surface area contributed by atoms with Crippen LogP contribution in [0.25, 0.3) is 0 Å². The van der Waals surface area contributed by atoms with Crippen molar-refractivity contribution in [3.05, 3.63) is 10.5 Å². The van der Waals surface area contributed by atoms with Crippen molar-refractivity contribution in [2.45, 2.75) is 63.7 Å². The Labute approximate surface area is 142 Å². The van der Waals surface area contributed by atoms with E-state index in [0.717, 1.165) is 50.5 Å². The van der Waals surface area contributed by atoms with Crippen LogP contribution < -0.4 is 5.32 Å². The molecular formula is C16H24N2O3S2. The average molecular weight is 357 g/mol. The summed E-state index contributed by atoms with van der Waals surface area (Å²) in [6, 6.07) is 0. The number of carbonyl (C=O) groups excluding carboxylic acids is 1. The summed E-state index contributed by atoms with van der Waals surface area (Å²) in [6.07, 6.45) is 7.38. The van der Waals surface area contributed by atoms with Crippen LogP contribution in [0.1, 0.15) is 58.3 Å². The van der Waals surface area contributed by atoms with Crippen LogP contribution in [0.5, 0.6) is 0 Å². The number of thioether (sulfide) groups is 1. The van der Waals surface area contributed by atoms with E-state index in [9.17, 15) is 13.2 Å². The van der Waals surface area contributed by atoms with Gasteiger partial charge in [0.05, 0.1) is 11.5 Å². The lowest BCUT2D eigenvalue weighted by molar-refractivity contribution is -0.122. The van der Waals surface area contributed by atoms with Crippen LogP contribution in [0, 0.1) is 5.92 Å². The van der Waals surface area contributed by atoms with Gasteiger partial charge in [-0.25, -0.2) is 8.42 Å². The Balaban J connectivity index is 1.83. The van der Waals surface area contributed by atoms with Crippen LogP contribution in [-0.2, 0) is 14.8 Å². The quantitative estimate of drug-likeness (QED) is 0.794. The number of carbonyl (C=O) groups is 1. The van der Waals surface area contributed by atoms with Crippen LogP contribution in [0.15, 0.2) is 14.9 Å². The van der Waals surface area contributed by atoms with Gasteiger partial charge in [-0.05, 0) is 55.4 Å². The lowest BCUT2D eigenvalue weighted by Gasteiger charge is -2.15. The van der Waals surface area contributed by atoms with Crippen molar-refractivity contribution in [1.82, 2.24) is 5.32 Å². The first kappa shape index (κ1) is 17.0. The van der Waals surface area contributed by atoms with Crippen LogP contribution in [-0.4, -0.2) is 31.2 Å². The van der Waals surface area contributed by atoms with Gasteiger partial charge in [-0.2, -0.15) is 4.40 Å². The Morgan fingerprint density at radius 3 is 2.74 bits per heavy atom. The Morgan fingerprint density at radius 1 is 1.30 bits per heavy atom. The highest BCUT2D eigenvalue weighted by Crippen LogP contribution is 2.43. The van der Waals surface area contributed by atoms with Crippen molar-refractivity contribution in [2.75, 3.05) is 5.75 Å². The van der Waals surface area contributed by atoms with Crippen molar-refractivity contribution in [3.8, 4) is 0 Å². The summed E-state index contributed by atoms with van der Waals surface area (Å²) in [4.78, 5) is 13.3. The van der Waals surface area contributed by atoms with Gasteiger partial charge in [-0.3, -0.25) is 4.79 Å². The fraction of sp³-hybridized carbons (Fsp3) is 0.750. The highest BCUT2D eigenvalue weighted by molar-refractivity contribution is 8.05. The van der Waals surface area contributed by atoms with E-state index in [-0.39, 0.29) is 23.0 Å². The molecular weight excluding hydrogens is 332 g/mol. The van der Waals surface area contributed by atoms with E-state index in [1.165, 1.54) is 4.91 Å². The molecule has 0 spiro atoms. The molecule has 5 nitrogen and oxygen atoms in total. The molecule has 0 aromatic carbocycles. The Morgan fingerprint density at radius 2 is 2.04 bits per heavy atom.